The Bertz CT molecular complexity index is 2930. The highest BCUT2D eigenvalue weighted by atomic mass is 19.1. The number of unbranched alkanes of at least 4 members (excludes halogenated alkanes) is 2. The molecule has 2 aliphatic rings. The fourth-order valence-electron chi connectivity index (χ4n) is 9.78. The molecule has 3 heterocycles. The number of imidazole rings is 1. The van der Waals surface area contributed by atoms with Crippen molar-refractivity contribution >= 4 is 53.4 Å². The minimum absolute atomic E-state index is 0.0847. The number of nitrogens with one attached hydrogen (secondary N) is 5. The molecule has 0 bridgehead atoms. The lowest BCUT2D eigenvalue weighted by atomic mass is 9.84. The molecule has 3 aromatic carbocycles. The van der Waals surface area contributed by atoms with Crippen LogP contribution in [0.5, 0.6) is 0 Å². The molecule has 1 saturated heterocycles. The molecule has 1 aromatic heterocycles. The van der Waals surface area contributed by atoms with Crippen molar-refractivity contribution in [3.63, 3.8) is 0 Å². The topological polar surface area (TPSA) is 260 Å². The van der Waals surface area contributed by atoms with E-state index in [9.17, 15) is 42.7 Å². The monoisotopic (exact) mass is 1130 g/mol. The van der Waals surface area contributed by atoms with Gasteiger partial charge in [0.15, 0.2) is 0 Å². The summed E-state index contributed by atoms with van der Waals surface area (Å²) in [5, 5.41) is 13.4. The third-order valence-electron chi connectivity index (χ3n) is 14.0. The number of ether oxygens (including phenoxy) is 1. The first kappa shape index (κ1) is 62.0. The van der Waals surface area contributed by atoms with E-state index in [2.05, 4.69) is 26.6 Å². The summed E-state index contributed by atoms with van der Waals surface area (Å²) in [5.41, 5.74) is 7.23. The number of carbonyl (C=O) groups excluding carboxylic acids is 8. The van der Waals surface area contributed by atoms with Crippen LogP contribution in [-0.2, 0) is 41.9 Å². The zero-order valence-electron chi connectivity index (χ0n) is 46.9. The number of aromatic nitrogens is 2. The number of likely N-dealkylation sites (tertiary alicyclic amines) is 1. The number of aryl methyl sites for hydroxylation is 1. The summed E-state index contributed by atoms with van der Waals surface area (Å²) < 4.78 is 53.4. The molecule has 0 saturated carbocycles. The highest BCUT2D eigenvalue weighted by molar-refractivity contribution is 6.12. The average molecular weight is 1130 g/mol. The van der Waals surface area contributed by atoms with E-state index in [1.807, 2.05) is 27.7 Å². The number of rotatable bonds is 25. The zero-order chi connectivity index (χ0) is 59.1. The fourth-order valence-corrected chi connectivity index (χ4v) is 9.78. The predicted octanol–water partition coefficient (Wildman–Crippen LogP) is 7.02. The number of halogens is 3. The molecule has 5 unspecified atom stereocenters. The number of amides is 10. The number of hydrogen-bond acceptors (Lipinski definition) is 10. The maximum absolute atomic E-state index is 16.2. The van der Waals surface area contributed by atoms with Gasteiger partial charge >= 0.3 is 18.2 Å². The molecule has 0 radical (unpaired) electrons. The van der Waals surface area contributed by atoms with E-state index < -0.39 is 83.1 Å². The van der Waals surface area contributed by atoms with E-state index >= 15 is 8.78 Å². The lowest BCUT2D eigenvalue weighted by molar-refractivity contribution is -0.137. The smallest absolute Gasteiger partial charge is 0.410 e. The highest BCUT2D eigenvalue weighted by Gasteiger charge is 2.44. The minimum atomic E-state index is -1.56. The van der Waals surface area contributed by atoms with Crippen LogP contribution in [0.2, 0.25) is 0 Å². The summed E-state index contributed by atoms with van der Waals surface area (Å²) in [6.45, 7) is 10.7. The SMILES string of the molecule is CNC(=O)N(CC1CN(C(=O)OCc2ccc(NC(=O)C(CCCNC(N)=O)NC(=O)C(NC(=O)CCCCCN3C(=O)C=CC3=O)C(C)C)cc2)CC1F)C(c1nc(-c2cc(C)ccc2F)cn1Cc1cccc(F)c1)C(C)(C)C. The van der Waals surface area contributed by atoms with Crippen molar-refractivity contribution < 1.29 is 56.3 Å². The lowest BCUT2D eigenvalue weighted by Crippen LogP contribution is -2.54. The second-order valence-corrected chi connectivity index (χ2v) is 21.9. The molecule has 7 N–H and O–H groups in total. The lowest BCUT2D eigenvalue weighted by Gasteiger charge is -2.41. The van der Waals surface area contributed by atoms with Gasteiger partial charge < -0.3 is 51.4 Å². The first-order valence-electron chi connectivity index (χ1n) is 27.1. The molecule has 81 heavy (non-hydrogen) atoms. The van der Waals surface area contributed by atoms with Crippen LogP contribution in [0, 0.1) is 35.8 Å². The fraction of sp³-hybridized carbons (Fsp3) is 0.466. The number of benzene rings is 3. The van der Waals surface area contributed by atoms with Crippen molar-refractivity contribution in [2.45, 2.75) is 118 Å². The van der Waals surface area contributed by atoms with Crippen LogP contribution in [0.3, 0.4) is 0 Å². The molecule has 4 aromatic rings. The normalized spacial score (nSPS) is 16.2. The Morgan fingerprint density at radius 2 is 1.59 bits per heavy atom. The van der Waals surface area contributed by atoms with Gasteiger partial charge in [-0.2, -0.15) is 0 Å². The summed E-state index contributed by atoms with van der Waals surface area (Å²) >= 11 is 0. The van der Waals surface area contributed by atoms with Crippen LogP contribution in [0.1, 0.15) is 102 Å². The molecule has 20 nitrogen and oxygen atoms in total. The van der Waals surface area contributed by atoms with Crippen molar-refractivity contribution in [1.82, 2.24) is 45.5 Å². The number of nitrogens with two attached hydrogens (primary N) is 1. The number of carbonyl (C=O) groups is 8. The Balaban J connectivity index is 1.07. The molecule has 0 spiro atoms. The standard InChI is InChI=1S/C58H74F3N11O9/c1-35(2)50(68-47(73)16-9-8-10-26-71-48(74)23-24-49(71)75)54(77)67-45(15-12-25-64-55(62)78)53(76)65-41-20-18-37(19-21-41)34-81-57(80)70-30-39(44(61)32-70)31-72(56(79)63-7)51(58(4,5)6)52-66-46(42-27-36(3)17-22-43(42)60)33-69(52)29-38-13-11-14-40(59)28-38/h11,13-14,17-24,27-28,33,35,39,44-45,50-51H,8-10,12,15-16,25-26,29-32,34H2,1-7H3,(H,63,79)(H,65,76)(H,67,77)(H,68,73)(H3,62,64,78). The van der Waals surface area contributed by atoms with E-state index in [4.69, 9.17) is 15.5 Å². The largest absolute Gasteiger partial charge is 0.445 e. The van der Waals surface area contributed by atoms with E-state index in [1.54, 1.807) is 73.1 Å². The van der Waals surface area contributed by atoms with Crippen molar-refractivity contribution in [1.29, 1.82) is 0 Å². The van der Waals surface area contributed by atoms with Crippen LogP contribution < -0.4 is 32.3 Å². The van der Waals surface area contributed by atoms with Gasteiger partial charge in [-0.15, -0.1) is 0 Å². The van der Waals surface area contributed by atoms with Crippen LogP contribution in [0.25, 0.3) is 11.3 Å². The van der Waals surface area contributed by atoms with Gasteiger partial charge in [0.25, 0.3) is 11.8 Å². The number of nitrogens with zero attached hydrogens (tertiary/aromatic N) is 5. The van der Waals surface area contributed by atoms with E-state index in [-0.39, 0.29) is 88.4 Å². The van der Waals surface area contributed by atoms with Gasteiger partial charge in [-0.25, -0.2) is 32.5 Å². The van der Waals surface area contributed by atoms with Crippen LogP contribution in [-0.4, -0.2) is 130 Å². The van der Waals surface area contributed by atoms with Crippen molar-refractivity contribution in [2.75, 3.05) is 45.1 Å². The van der Waals surface area contributed by atoms with Gasteiger partial charge in [-0.3, -0.25) is 28.9 Å². The van der Waals surface area contributed by atoms with Gasteiger partial charge in [0.05, 0.1) is 18.3 Å². The first-order valence-corrected chi connectivity index (χ1v) is 27.1. The number of urea groups is 2. The molecule has 6 rings (SSSR count). The minimum Gasteiger partial charge on any atom is -0.445 e. The van der Waals surface area contributed by atoms with E-state index in [1.165, 1.54) is 47.2 Å². The number of alkyl halides is 1. The maximum atomic E-state index is 16.2. The predicted molar refractivity (Wildman–Crippen MR) is 296 cm³/mol. The van der Waals surface area contributed by atoms with Gasteiger partial charge in [-0.1, -0.05) is 76.9 Å². The third kappa shape index (κ3) is 17.4. The molecule has 5 atom stereocenters. The van der Waals surface area contributed by atoms with Crippen LogP contribution in [0.4, 0.5) is 33.2 Å². The molecule has 1 fully saturated rings. The molecule has 0 aliphatic carbocycles. The molecule has 10 amide bonds. The second kappa shape index (κ2) is 28.3. The Labute approximate surface area is 469 Å². The average Bonchev–Trinajstić information content (AvgIpc) is 4.13. The van der Waals surface area contributed by atoms with E-state index in [0.717, 1.165) is 10.5 Å². The Morgan fingerprint density at radius 1 is 0.877 bits per heavy atom. The van der Waals surface area contributed by atoms with Gasteiger partial charge in [-0.05, 0) is 91.5 Å². The highest BCUT2D eigenvalue weighted by Crippen LogP contribution is 2.41. The Hall–Kier alpha value is -8.24. The van der Waals surface area contributed by atoms with Crippen molar-refractivity contribution in [2.24, 2.45) is 23.0 Å². The zero-order valence-corrected chi connectivity index (χ0v) is 46.9. The molecular weight excluding hydrogens is 1050 g/mol. The number of hydrogen-bond donors (Lipinski definition) is 6. The molecule has 436 valence electrons. The Kier molecular flexibility index (Phi) is 21.6. The van der Waals surface area contributed by atoms with Crippen LogP contribution in [0.15, 0.2) is 85.1 Å². The number of anilines is 1. The molecule has 2 aliphatic heterocycles. The first-order chi connectivity index (χ1) is 38.4. The number of primary amides is 1. The van der Waals surface area contributed by atoms with Crippen molar-refractivity contribution in [3.8, 4) is 11.3 Å². The van der Waals surface area contributed by atoms with E-state index in [0.29, 0.717) is 47.6 Å². The van der Waals surface area contributed by atoms with Gasteiger partial charge in [0.2, 0.25) is 17.7 Å². The maximum Gasteiger partial charge on any atom is 0.410 e. The summed E-state index contributed by atoms with van der Waals surface area (Å²) in [6, 6.07) is 12.8. The van der Waals surface area contributed by atoms with Crippen LogP contribution >= 0.6 is 0 Å². The quantitative estimate of drug-likeness (QED) is 0.0292. The number of imide groups is 1. The summed E-state index contributed by atoms with van der Waals surface area (Å²) in [5.74, 6) is -4.17. The summed E-state index contributed by atoms with van der Waals surface area (Å²) in [6.07, 6.45) is 3.66. The van der Waals surface area contributed by atoms with Gasteiger partial charge in [0.1, 0.15) is 42.3 Å². The summed E-state index contributed by atoms with van der Waals surface area (Å²) in [4.78, 5) is 112. The van der Waals surface area contributed by atoms with Crippen molar-refractivity contribution in [3.05, 3.63) is 119 Å². The Morgan fingerprint density at radius 3 is 2.25 bits per heavy atom. The molecular formula is C58H74F3N11O9. The second-order valence-electron chi connectivity index (χ2n) is 21.9. The van der Waals surface area contributed by atoms with Gasteiger partial charge in [0, 0.05) is 81.7 Å². The summed E-state index contributed by atoms with van der Waals surface area (Å²) in [7, 11) is 1.45. The molecule has 23 heteroatoms. The third-order valence-corrected chi connectivity index (χ3v) is 14.0.